The van der Waals surface area contributed by atoms with Crippen molar-refractivity contribution in [1.82, 2.24) is 14.8 Å². The SMILES string of the molecule is Cc1nn(C)c(C(=O)Nc2cnc(Cl)c(Br)c2)c1N. The maximum atomic E-state index is 12.1. The molecule has 3 N–H and O–H groups in total. The summed E-state index contributed by atoms with van der Waals surface area (Å²) >= 11 is 9.02. The van der Waals surface area contributed by atoms with Crippen molar-refractivity contribution in [1.29, 1.82) is 0 Å². The van der Waals surface area contributed by atoms with Gasteiger partial charge in [-0.15, -0.1) is 0 Å². The molecule has 6 nitrogen and oxygen atoms in total. The summed E-state index contributed by atoms with van der Waals surface area (Å²) in [5.41, 5.74) is 7.62. The zero-order valence-electron chi connectivity index (χ0n) is 10.2. The van der Waals surface area contributed by atoms with Crippen LogP contribution in [0.25, 0.3) is 0 Å². The maximum absolute atomic E-state index is 12.1. The normalized spacial score (nSPS) is 10.5. The van der Waals surface area contributed by atoms with Gasteiger partial charge < -0.3 is 11.1 Å². The van der Waals surface area contributed by atoms with Crippen LogP contribution in [0, 0.1) is 6.92 Å². The third-order valence-electron chi connectivity index (χ3n) is 2.54. The lowest BCUT2D eigenvalue weighted by atomic mass is 10.3. The first-order valence-corrected chi connectivity index (χ1v) is 6.48. The molecule has 0 aliphatic heterocycles. The molecule has 0 atom stereocenters. The van der Waals surface area contributed by atoms with E-state index in [9.17, 15) is 4.79 Å². The van der Waals surface area contributed by atoms with Crippen LogP contribution in [0.5, 0.6) is 0 Å². The van der Waals surface area contributed by atoms with Crippen LogP contribution in [0.1, 0.15) is 16.2 Å². The molecule has 100 valence electrons. The number of aryl methyl sites for hydroxylation is 2. The second-order valence-corrected chi connectivity index (χ2v) is 5.13. The van der Waals surface area contributed by atoms with Gasteiger partial charge in [0, 0.05) is 7.05 Å². The van der Waals surface area contributed by atoms with Gasteiger partial charge in [-0.2, -0.15) is 5.10 Å². The van der Waals surface area contributed by atoms with Crippen LogP contribution in [0.15, 0.2) is 16.7 Å². The Labute approximate surface area is 123 Å². The van der Waals surface area contributed by atoms with E-state index in [-0.39, 0.29) is 5.91 Å². The average Bonchev–Trinajstić information content (AvgIpc) is 2.58. The molecule has 0 fully saturated rings. The highest BCUT2D eigenvalue weighted by Gasteiger charge is 2.18. The Balaban J connectivity index is 2.28. The number of amides is 1. The number of rotatable bonds is 2. The van der Waals surface area contributed by atoms with Gasteiger partial charge in [0.25, 0.3) is 5.91 Å². The molecule has 0 saturated heterocycles. The van der Waals surface area contributed by atoms with Crippen LogP contribution >= 0.6 is 27.5 Å². The number of pyridine rings is 1. The Morgan fingerprint density at radius 2 is 2.26 bits per heavy atom. The predicted molar refractivity (Wildman–Crippen MR) is 77.3 cm³/mol. The Bertz CT molecular complexity index is 655. The number of carbonyl (C=O) groups is 1. The number of anilines is 2. The third-order valence-corrected chi connectivity index (χ3v) is 3.67. The zero-order chi connectivity index (χ0) is 14.2. The van der Waals surface area contributed by atoms with E-state index in [0.717, 1.165) is 0 Å². The van der Waals surface area contributed by atoms with E-state index < -0.39 is 0 Å². The van der Waals surface area contributed by atoms with E-state index in [1.807, 2.05) is 0 Å². The molecule has 2 heterocycles. The van der Waals surface area contributed by atoms with Gasteiger partial charge in [0.15, 0.2) is 0 Å². The first kappa shape index (κ1) is 13.8. The number of nitrogens with two attached hydrogens (primary N) is 1. The molecule has 0 spiro atoms. The largest absolute Gasteiger partial charge is 0.395 e. The fraction of sp³-hybridized carbons (Fsp3) is 0.182. The number of carbonyl (C=O) groups excluding carboxylic acids is 1. The molecule has 0 saturated carbocycles. The van der Waals surface area contributed by atoms with Crippen molar-refractivity contribution >= 4 is 44.8 Å². The van der Waals surface area contributed by atoms with Crippen LogP contribution in [-0.2, 0) is 7.05 Å². The van der Waals surface area contributed by atoms with E-state index in [2.05, 4.69) is 31.3 Å². The molecule has 0 unspecified atom stereocenters. The van der Waals surface area contributed by atoms with Gasteiger partial charge in [-0.1, -0.05) is 11.6 Å². The lowest BCUT2D eigenvalue weighted by Gasteiger charge is -2.06. The average molecular weight is 345 g/mol. The Kier molecular flexibility index (Phi) is 3.77. The first-order chi connectivity index (χ1) is 8.90. The van der Waals surface area contributed by atoms with Crippen LogP contribution in [-0.4, -0.2) is 20.7 Å². The predicted octanol–water partition coefficient (Wildman–Crippen LogP) is 2.37. The highest BCUT2D eigenvalue weighted by atomic mass is 79.9. The minimum absolute atomic E-state index is 0.309. The second kappa shape index (κ2) is 5.18. The van der Waals surface area contributed by atoms with Crippen molar-refractivity contribution in [2.24, 2.45) is 7.05 Å². The van der Waals surface area contributed by atoms with Gasteiger partial charge in [-0.3, -0.25) is 9.48 Å². The molecule has 2 aromatic rings. The summed E-state index contributed by atoms with van der Waals surface area (Å²) in [5.74, 6) is -0.350. The summed E-state index contributed by atoms with van der Waals surface area (Å²) in [7, 11) is 1.66. The quantitative estimate of drug-likeness (QED) is 0.819. The molecule has 0 aliphatic rings. The fourth-order valence-electron chi connectivity index (χ4n) is 1.62. The Morgan fingerprint density at radius 1 is 1.58 bits per heavy atom. The lowest BCUT2D eigenvalue weighted by molar-refractivity contribution is 0.101. The van der Waals surface area contributed by atoms with E-state index in [1.54, 1.807) is 20.0 Å². The number of nitrogens with zero attached hydrogens (tertiary/aromatic N) is 3. The minimum atomic E-state index is -0.350. The first-order valence-electron chi connectivity index (χ1n) is 5.31. The van der Waals surface area contributed by atoms with Crippen molar-refractivity contribution < 1.29 is 4.79 Å². The van der Waals surface area contributed by atoms with E-state index in [1.165, 1.54) is 10.9 Å². The number of nitrogen functional groups attached to an aromatic ring is 1. The molecular formula is C11H11BrClN5O. The second-order valence-electron chi connectivity index (χ2n) is 3.92. The van der Waals surface area contributed by atoms with Gasteiger partial charge in [0.2, 0.25) is 0 Å². The van der Waals surface area contributed by atoms with Gasteiger partial charge in [-0.05, 0) is 28.9 Å². The van der Waals surface area contributed by atoms with Crippen LogP contribution in [0.4, 0.5) is 11.4 Å². The number of hydrogen-bond donors (Lipinski definition) is 2. The molecule has 2 rings (SSSR count). The van der Waals surface area contributed by atoms with Crippen molar-refractivity contribution in [3.63, 3.8) is 0 Å². The van der Waals surface area contributed by atoms with Crippen molar-refractivity contribution in [2.45, 2.75) is 6.92 Å². The van der Waals surface area contributed by atoms with E-state index >= 15 is 0 Å². The smallest absolute Gasteiger partial charge is 0.276 e. The summed E-state index contributed by atoms with van der Waals surface area (Å²) in [6.07, 6.45) is 1.46. The summed E-state index contributed by atoms with van der Waals surface area (Å²) in [6, 6.07) is 1.66. The van der Waals surface area contributed by atoms with Crippen molar-refractivity contribution in [2.75, 3.05) is 11.1 Å². The molecule has 0 aliphatic carbocycles. The summed E-state index contributed by atoms with van der Waals surface area (Å²) in [6.45, 7) is 1.74. The number of aromatic nitrogens is 3. The molecular weight excluding hydrogens is 334 g/mol. The number of halogens is 2. The molecule has 8 heteroatoms. The number of hydrogen-bond acceptors (Lipinski definition) is 4. The number of nitrogens with one attached hydrogen (secondary N) is 1. The van der Waals surface area contributed by atoms with E-state index in [4.69, 9.17) is 17.3 Å². The summed E-state index contributed by atoms with van der Waals surface area (Å²) in [5, 5.41) is 7.11. The van der Waals surface area contributed by atoms with Crippen molar-refractivity contribution in [3.8, 4) is 0 Å². The summed E-state index contributed by atoms with van der Waals surface area (Å²) in [4.78, 5) is 16.1. The Morgan fingerprint density at radius 3 is 2.79 bits per heavy atom. The summed E-state index contributed by atoms with van der Waals surface area (Å²) < 4.78 is 2.04. The highest BCUT2D eigenvalue weighted by molar-refractivity contribution is 9.10. The molecule has 0 radical (unpaired) electrons. The molecule has 0 bridgehead atoms. The van der Waals surface area contributed by atoms with Crippen LogP contribution in [0.2, 0.25) is 5.15 Å². The van der Waals surface area contributed by atoms with Gasteiger partial charge in [0.05, 0.1) is 27.7 Å². The minimum Gasteiger partial charge on any atom is -0.395 e. The van der Waals surface area contributed by atoms with Crippen molar-refractivity contribution in [3.05, 3.63) is 33.3 Å². The maximum Gasteiger partial charge on any atom is 0.276 e. The van der Waals surface area contributed by atoms with Crippen LogP contribution < -0.4 is 11.1 Å². The molecule has 2 aromatic heterocycles. The van der Waals surface area contributed by atoms with Gasteiger partial charge >= 0.3 is 0 Å². The molecule has 19 heavy (non-hydrogen) atoms. The van der Waals surface area contributed by atoms with Gasteiger partial charge in [-0.25, -0.2) is 4.98 Å². The highest BCUT2D eigenvalue weighted by Crippen LogP contribution is 2.24. The van der Waals surface area contributed by atoms with Crippen LogP contribution in [0.3, 0.4) is 0 Å². The topological polar surface area (TPSA) is 85.8 Å². The Hall–Kier alpha value is -1.60. The standard InChI is InChI=1S/C11H11BrClN5O/c1-5-8(14)9(18(2)17-5)11(19)16-6-3-7(12)10(13)15-4-6/h3-4H,14H2,1-2H3,(H,16,19). The fourth-order valence-corrected chi connectivity index (χ4v) is 2.08. The molecule has 1 amide bonds. The van der Waals surface area contributed by atoms with Gasteiger partial charge in [0.1, 0.15) is 10.8 Å². The lowest BCUT2D eigenvalue weighted by Crippen LogP contribution is -2.17. The third kappa shape index (κ3) is 2.71. The zero-order valence-corrected chi connectivity index (χ0v) is 12.6. The van der Waals surface area contributed by atoms with E-state index in [0.29, 0.717) is 32.4 Å². The monoisotopic (exact) mass is 343 g/mol. The molecule has 0 aromatic carbocycles.